The number of aliphatic hydroxyl groups excluding tert-OH is 1. The zero-order valence-electron chi connectivity index (χ0n) is 25.4. The molecule has 0 heterocycles. The van der Waals surface area contributed by atoms with Gasteiger partial charge in [-0.2, -0.15) is 4.31 Å². The van der Waals surface area contributed by atoms with E-state index in [1.807, 2.05) is 51.1 Å². The Bertz CT molecular complexity index is 1200. The summed E-state index contributed by atoms with van der Waals surface area (Å²) in [6.07, 6.45) is 2.44. The summed E-state index contributed by atoms with van der Waals surface area (Å²) in [6.45, 7) is 7.13. The largest absolute Gasteiger partial charge is 0.497 e. The Kier molecular flexibility index (Phi) is 12.7. The fourth-order valence-corrected chi connectivity index (χ4v) is 7.57. The highest BCUT2D eigenvalue weighted by molar-refractivity contribution is 7.89. The van der Waals surface area contributed by atoms with Gasteiger partial charge >= 0.3 is 6.09 Å². The minimum Gasteiger partial charge on any atom is -0.497 e. The van der Waals surface area contributed by atoms with E-state index in [0.29, 0.717) is 19.0 Å². The lowest BCUT2D eigenvalue weighted by Gasteiger charge is -2.41. The molecule has 0 spiro atoms. The number of aliphatic hydroxyl groups is 1. The highest BCUT2D eigenvalue weighted by Gasteiger charge is 2.41. The second kappa shape index (κ2) is 15.7. The molecule has 10 heteroatoms. The number of benzene rings is 2. The fraction of sp³-hybridized carbons (Fsp3) is 0.594. The third-order valence-corrected chi connectivity index (χ3v) is 10.0. The summed E-state index contributed by atoms with van der Waals surface area (Å²) >= 11 is 0. The monoisotopic (exact) mass is 604 g/mol. The van der Waals surface area contributed by atoms with Crippen molar-refractivity contribution in [3.63, 3.8) is 0 Å². The molecule has 42 heavy (non-hydrogen) atoms. The van der Waals surface area contributed by atoms with E-state index in [0.717, 1.165) is 37.7 Å². The smallest absolute Gasteiger partial charge is 0.407 e. The van der Waals surface area contributed by atoms with Gasteiger partial charge in [-0.3, -0.25) is 0 Å². The van der Waals surface area contributed by atoms with Crippen molar-refractivity contribution in [2.24, 2.45) is 11.3 Å². The predicted octanol–water partition coefficient (Wildman–Crippen LogP) is 5.28. The van der Waals surface area contributed by atoms with Crippen LogP contribution < -0.4 is 4.74 Å². The topological polar surface area (TPSA) is 117 Å². The molecular formula is C32H48N2O7S. The summed E-state index contributed by atoms with van der Waals surface area (Å²) in [4.78, 5) is 14.3. The zero-order chi connectivity index (χ0) is 30.8. The predicted molar refractivity (Wildman–Crippen MR) is 163 cm³/mol. The van der Waals surface area contributed by atoms with Crippen molar-refractivity contribution in [1.29, 1.82) is 0 Å². The van der Waals surface area contributed by atoms with E-state index in [1.165, 1.54) is 28.4 Å². The Balaban J connectivity index is 1.96. The third-order valence-electron chi connectivity index (χ3n) is 8.19. The molecule has 1 aliphatic rings. The first kappa shape index (κ1) is 33.8. The van der Waals surface area contributed by atoms with Crippen LogP contribution >= 0.6 is 0 Å². The molecule has 1 amide bonds. The summed E-state index contributed by atoms with van der Waals surface area (Å²) in [5.41, 5.74) is 0.630. The van der Waals surface area contributed by atoms with Crippen LogP contribution in [0.15, 0.2) is 59.5 Å². The highest BCUT2D eigenvalue weighted by Crippen LogP contribution is 2.42. The quantitative estimate of drug-likeness (QED) is 0.236. The molecule has 9 nitrogen and oxygen atoms in total. The van der Waals surface area contributed by atoms with E-state index in [9.17, 15) is 23.4 Å². The van der Waals surface area contributed by atoms with E-state index >= 15 is 0 Å². The second-order valence-corrected chi connectivity index (χ2v) is 13.7. The maximum Gasteiger partial charge on any atom is 0.407 e. The van der Waals surface area contributed by atoms with Gasteiger partial charge in [-0.1, -0.05) is 57.0 Å². The van der Waals surface area contributed by atoms with Gasteiger partial charge in [0.2, 0.25) is 10.0 Å². The average molecular weight is 605 g/mol. The first-order valence-corrected chi connectivity index (χ1v) is 16.4. The molecule has 1 saturated carbocycles. The number of carboxylic acid groups (broad SMARTS) is 1. The molecule has 2 N–H and O–H groups in total. The lowest BCUT2D eigenvalue weighted by molar-refractivity contribution is 0.0101. The van der Waals surface area contributed by atoms with Gasteiger partial charge in [-0.15, -0.1) is 0 Å². The van der Waals surface area contributed by atoms with Gasteiger partial charge in [0.1, 0.15) is 5.75 Å². The van der Waals surface area contributed by atoms with Crippen molar-refractivity contribution in [1.82, 2.24) is 9.21 Å². The summed E-state index contributed by atoms with van der Waals surface area (Å²) in [7, 11) is -2.47. The van der Waals surface area contributed by atoms with Crippen molar-refractivity contribution in [2.75, 3.05) is 40.0 Å². The number of methoxy groups -OCH3 is 1. The van der Waals surface area contributed by atoms with Crippen molar-refractivity contribution in [2.45, 2.75) is 76.3 Å². The van der Waals surface area contributed by atoms with Gasteiger partial charge in [0.15, 0.2) is 0 Å². The van der Waals surface area contributed by atoms with Crippen LogP contribution in [0.3, 0.4) is 0 Å². The van der Waals surface area contributed by atoms with Crippen LogP contribution in [0.4, 0.5) is 4.79 Å². The van der Waals surface area contributed by atoms with Gasteiger partial charge in [0.25, 0.3) is 0 Å². The van der Waals surface area contributed by atoms with Gasteiger partial charge < -0.3 is 24.6 Å². The number of ether oxygens (including phenoxy) is 2. The minimum atomic E-state index is -3.98. The van der Waals surface area contributed by atoms with Crippen molar-refractivity contribution in [3.8, 4) is 5.75 Å². The van der Waals surface area contributed by atoms with Crippen LogP contribution in [0, 0.1) is 11.3 Å². The molecule has 1 fully saturated rings. The molecule has 3 rings (SSSR count). The van der Waals surface area contributed by atoms with Gasteiger partial charge in [-0.25, -0.2) is 13.2 Å². The molecular weight excluding hydrogens is 556 g/mol. The van der Waals surface area contributed by atoms with E-state index in [1.54, 1.807) is 12.1 Å². The first-order chi connectivity index (χ1) is 20.0. The Labute approximate surface area is 251 Å². The summed E-state index contributed by atoms with van der Waals surface area (Å²) in [6, 6.07) is 14.7. The van der Waals surface area contributed by atoms with Crippen LogP contribution in [0.1, 0.15) is 58.4 Å². The van der Waals surface area contributed by atoms with Crippen LogP contribution in [0.2, 0.25) is 0 Å². The van der Waals surface area contributed by atoms with Crippen molar-refractivity contribution in [3.05, 3.63) is 60.2 Å². The van der Waals surface area contributed by atoms with E-state index < -0.39 is 28.3 Å². The molecule has 0 bridgehead atoms. The molecule has 0 aromatic heterocycles. The molecule has 234 valence electrons. The molecule has 0 radical (unpaired) electrons. The van der Waals surface area contributed by atoms with Crippen LogP contribution in [0.25, 0.3) is 0 Å². The van der Waals surface area contributed by atoms with Gasteiger partial charge in [0, 0.05) is 32.8 Å². The third kappa shape index (κ3) is 9.17. The zero-order valence-corrected chi connectivity index (χ0v) is 26.3. The number of hydrogen-bond acceptors (Lipinski definition) is 6. The lowest BCUT2D eigenvalue weighted by atomic mass is 9.81. The number of amides is 1. The van der Waals surface area contributed by atoms with Crippen molar-refractivity contribution < 1.29 is 32.9 Å². The molecule has 2 atom stereocenters. The van der Waals surface area contributed by atoms with Gasteiger partial charge in [0.05, 0.1) is 24.2 Å². The van der Waals surface area contributed by atoms with Gasteiger partial charge in [-0.05, 0) is 73.8 Å². The average Bonchev–Trinajstić information content (AvgIpc) is 3.43. The summed E-state index contributed by atoms with van der Waals surface area (Å²) < 4.78 is 39.7. The minimum absolute atomic E-state index is 0.0197. The Morgan fingerprint density at radius 1 is 1.02 bits per heavy atom. The van der Waals surface area contributed by atoms with E-state index in [-0.39, 0.29) is 42.3 Å². The molecule has 1 aliphatic carbocycles. The van der Waals surface area contributed by atoms with Crippen LogP contribution in [-0.4, -0.2) is 86.0 Å². The summed E-state index contributed by atoms with van der Waals surface area (Å²) in [5, 5.41) is 22.3. The maximum atomic E-state index is 13.8. The Morgan fingerprint density at radius 3 is 2.21 bits per heavy atom. The molecule has 2 aromatic carbocycles. The SMILES string of the molecule is CCOCCC1(CN(C(=O)O)[C@@H](Cc2ccccc2)[C@H](O)CN(CC(C)C)S(=O)(=O)c2ccc(OC)cc2)CCCC1. The fourth-order valence-electron chi connectivity index (χ4n) is 5.95. The second-order valence-electron chi connectivity index (χ2n) is 11.8. The summed E-state index contributed by atoms with van der Waals surface area (Å²) in [5.74, 6) is 0.517. The number of carbonyl (C=O) groups is 1. The highest BCUT2D eigenvalue weighted by atomic mass is 32.2. The molecule has 0 aliphatic heterocycles. The first-order valence-electron chi connectivity index (χ1n) is 14.9. The number of rotatable bonds is 17. The Morgan fingerprint density at radius 2 is 1.67 bits per heavy atom. The normalized spacial score (nSPS) is 16.5. The standard InChI is InChI=1S/C32H48N2O7S/c1-5-41-20-19-32(17-9-10-18-32)24-34(31(36)37)29(21-26-11-7-6-8-12-26)30(35)23-33(22-25(2)3)42(38,39)28-15-13-27(40-4)14-16-28/h6-8,11-16,25,29-30,35H,5,9-10,17-24H2,1-4H3,(H,36,37)/t29-,30+/m0/s1. The number of nitrogens with zero attached hydrogens (tertiary/aromatic N) is 2. The molecule has 0 unspecified atom stereocenters. The van der Waals surface area contributed by atoms with E-state index in [2.05, 4.69) is 0 Å². The van der Waals surface area contributed by atoms with E-state index in [4.69, 9.17) is 9.47 Å². The van der Waals surface area contributed by atoms with Crippen molar-refractivity contribution >= 4 is 16.1 Å². The van der Waals surface area contributed by atoms with Crippen LogP contribution in [0.5, 0.6) is 5.75 Å². The Hall–Kier alpha value is -2.66. The number of sulfonamides is 1. The molecule has 2 aromatic rings. The maximum absolute atomic E-state index is 13.8. The lowest BCUT2D eigenvalue weighted by Crippen LogP contribution is -2.55. The molecule has 0 saturated heterocycles. The number of hydrogen-bond donors (Lipinski definition) is 2. The van der Waals surface area contributed by atoms with Crippen LogP contribution in [-0.2, 0) is 21.2 Å².